The standard InChI is InChI=1S/C6H13O.Na/c1-4-6(3,7)5-2;/h4-5H2,1-3H3;/q-1;+1. The van der Waals surface area contributed by atoms with Gasteiger partial charge in [0.1, 0.15) is 0 Å². The fraction of sp³-hybridized carbons (Fsp3) is 1.00. The Morgan fingerprint density at radius 1 is 1.25 bits per heavy atom. The zero-order valence-corrected chi connectivity index (χ0v) is 8.32. The summed E-state index contributed by atoms with van der Waals surface area (Å²) in [6.07, 6.45) is 1.48. The maximum absolute atomic E-state index is 10.8. The Bertz CT molecular complexity index is 46.5. The summed E-state index contributed by atoms with van der Waals surface area (Å²) in [5.74, 6) is 0. The fourth-order valence-corrected chi connectivity index (χ4v) is 0.250. The van der Waals surface area contributed by atoms with Gasteiger partial charge in [0.15, 0.2) is 0 Å². The van der Waals surface area contributed by atoms with E-state index in [0.29, 0.717) is 0 Å². The van der Waals surface area contributed by atoms with Crippen LogP contribution in [0.15, 0.2) is 0 Å². The fourth-order valence-electron chi connectivity index (χ4n) is 0.250. The van der Waals surface area contributed by atoms with Gasteiger partial charge in [-0.05, 0) is 0 Å². The molecule has 0 aliphatic heterocycles. The second-order valence-corrected chi connectivity index (χ2v) is 2.16. The first-order chi connectivity index (χ1) is 3.12. The van der Waals surface area contributed by atoms with E-state index < -0.39 is 5.60 Å². The van der Waals surface area contributed by atoms with E-state index in [4.69, 9.17) is 0 Å². The second kappa shape index (κ2) is 4.80. The molecule has 0 amide bonds. The smallest absolute Gasteiger partial charge is 0.850 e. The van der Waals surface area contributed by atoms with Crippen LogP contribution in [0.3, 0.4) is 0 Å². The summed E-state index contributed by atoms with van der Waals surface area (Å²) in [7, 11) is 0. The molecule has 0 rings (SSSR count). The Labute approximate surface area is 73.8 Å². The SMILES string of the molecule is CCC(C)([O-])CC.[Na+]. The summed E-state index contributed by atoms with van der Waals surface area (Å²) in [4.78, 5) is 0. The van der Waals surface area contributed by atoms with E-state index in [1.165, 1.54) is 0 Å². The molecular weight excluding hydrogens is 111 g/mol. The van der Waals surface area contributed by atoms with Crippen molar-refractivity contribution in [3.05, 3.63) is 0 Å². The van der Waals surface area contributed by atoms with E-state index in [1.807, 2.05) is 13.8 Å². The minimum absolute atomic E-state index is 0. The molecule has 8 heavy (non-hydrogen) atoms. The molecule has 0 bridgehead atoms. The van der Waals surface area contributed by atoms with Crippen LogP contribution < -0.4 is 34.7 Å². The van der Waals surface area contributed by atoms with Crippen molar-refractivity contribution in [2.24, 2.45) is 0 Å². The molecule has 0 spiro atoms. The summed E-state index contributed by atoms with van der Waals surface area (Å²) in [5.41, 5.74) is -0.667. The van der Waals surface area contributed by atoms with Crippen LogP contribution in [0.1, 0.15) is 33.6 Å². The van der Waals surface area contributed by atoms with Crippen LogP contribution in [0.5, 0.6) is 0 Å². The molecule has 0 N–H and O–H groups in total. The minimum Gasteiger partial charge on any atom is -0.850 e. The monoisotopic (exact) mass is 124 g/mol. The minimum atomic E-state index is -0.667. The maximum Gasteiger partial charge on any atom is 1.00 e. The molecule has 0 atom stereocenters. The first-order valence-electron chi connectivity index (χ1n) is 2.83. The zero-order valence-electron chi connectivity index (χ0n) is 6.32. The van der Waals surface area contributed by atoms with Gasteiger partial charge >= 0.3 is 29.6 Å². The van der Waals surface area contributed by atoms with Gasteiger partial charge in [0.25, 0.3) is 0 Å². The van der Waals surface area contributed by atoms with Crippen molar-refractivity contribution in [2.75, 3.05) is 0 Å². The molecule has 0 aliphatic carbocycles. The summed E-state index contributed by atoms with van der Waals surface area (Å²) < 4.78 is 0. The molecule has 0 fully saturated rings. The number of hydrogen-bond acceptors (Lipinski definition) is 1. The average molecular weight is 124 g/mol. The van der Waals surface area contributed by atoms with Crippen LogP contribution in [-0.2, 0) is 0 Å². The van der Waals surface area contributed by atoms with Gasteiger partial charge in [-0.25, -0.2) is 0 Å². The first-order valence-corrected chi connectivity index (χ1v) is 2.83. The van der Waals surface area contributed by atoms with Crippen molar-refractivity contribution >= 4 is 0 Å². The summed E-state index contributed by atoms with van der Waals surface area (Å²) in [6, 6.07) is 0. The van der Waals surface area contributed by atoms with E-state index in [9.17, 15) is 5.11 Å². The van der Waals surface area contributed by atoms with Crippen molar-refractivity contribution in [3.8, 4) is 0 Å². The van der Waals surface area contributed by atoms with Crippen molar-refractivity contribution in [1.82, 2.24) is 0 Å². The largest absolute Gasteiger partial charge is 1.00 e. The van der Waals surface area contributed by atoms with Gasteiger partial charge in [0, 0.05) is 0 Å². The van der Waals surface area contributed by atoms with Crippen molar-refractivity contribution in [1.29, 1.82) is 0 Å². The molecule has 0 saturated heterocycles. The third kappa shape index (κ3) is 5.10. The molecule has 0 heterocycles. The van der Waals surface area contributed by atoms with E-state index in [-0.39, 0.29) is 29.6 Å². The van der Waals surface area contributed by atoms with E-state index >= 15 is 0 Å². The van der Waals surface area contributed by atoms with E-state index in [0.717, 1.165) is 12.8 Å². The first kappa shape index (κ1) is 11.7. The average Bonchev–Trinajstić information content (AvgIpc) is 1.68. The molecule has 0 unspecified atom stereocenters. The summed E-state index contributed by atoms with van der Waals surface area (Å²) >= 11 is 0. The van der Waals surface area contributed by atoms with Gasteiger partial charge in [-0.15, -0.1) is 5.60 Å². The Balaban J connectivity index is 0. The Kier molecular flexibility index (Phi) is 7.04. The number of hydrogen-bond donors (Lipinski definition) is 0. The van der Waals surface area contributed by atoms with Crippen LogP contribution in [0.25, 0.3) is 0 Å². The molecule has 44 valence electrons. The van der Waals surface area contributed by atoms with Crippen LogP contribution in [0, 0.1) is 0 Å². The van der Waals surface area contributed by atoms with Gasteiger partial charge in [-0.3, -0.25) is 0 Å². The Morgan fingerprint density at radius 2 is 1.50 bits per heavy atom. The third-order valence-corrected chi connectivity index (χ3v) is 1.50. The Morgan fingerprint density at radius 3 is 1.50 bits per heavy atom. The molecule has 2 heteroatoms. The Hall–Kier alpha value is 0.960. The van der Waals surface area contributed by atoms with Crippen molar-refractivity contribution in [3.63, 3.8) is 0 Å². The van der Waals surface area contributed by atoms with Crippen LogP contribution in [-0.4, -0.2) is 5.60 Å². The van der Waals surface area contributed by atoms with E-state index in [1.54, 1.807) is 6.92 Å². The molecule has 0 radical (unpaired) electrons. The van der Waals surface area contributed by atoms with Gasteiger partial charge in [-0.1, -0.05) is 33.6 Å². The third-order valence-electron chi connectivity index (χ3n) is 1.50. The van der Waals surface area contributed by atoms with Crippen molar-refractivity contribution < 1.29 is 34.7 Å². The molecule has 1 nitrogen and oxygen atoms in total. The van der Waals surface area contributed by atoms with Gasteiger partial charge in [0.05, 0.1) is 0 Å². The van der Waals surface area contributed by atoms with Crippen LogP contribution >= 0.6 is 0 Å². The predicted octanol–water partition coefficient (Wildman–Crippen LogP) is -2.07. The molecule has 0 saturated carbocycles. The molecule has 0 aromatic carbocycles. The normalized spacial score (nSPS) is 10.5. The maximum atomic E-state index is 10.8. The summed E-state index contributed by atoms with van der Waals surface area (Å²) in [5, 5.41) is 10.8. The topological polar surface area (TPSA) is 23.1 Å². The second-order valence-electron chi connectivity index (χ2n) is 2.16. The quantitative estimate of drug-likeness (QED) is 0.388. The van der Waals surface area contributed by atoms with Gasteiger partial charge < -0.3 is 5.11 Å². The van der Waals surface area contributed by atoms with Crippen molar-refractivity contribution in [2.45, 2.75) is 39.2 Å². The molecular formula is C6H13NaO. The predicted molar refractivity (Wildman–Crippen MR) is 29.0 cm³/mol. The molecule has 0 aromatic rings. The van der Waals surface area contributed by atoms with Gasteiger partial charge in [-0.2, -0.15) is 0 Å². The van der Waals surface area contributed by atoms with Gasteiger partial charge in [0.2, 0.25) is 0 Å². The van der Waals surface area contributed by atoms with E-state index in [2.05, 4.69) is 0 Å². The number of rotatable bonds is 2. The molecule has 0 aromatic heterocycles. The zero-order chi connectivity index (χ0) is 5.91. The summed E-state index contributed by atoms with van der Waals surface area (Å²) in [6.45, 7) is 5.60. The van der Waals surface area contributed by atoms with Crippen LogP contribution in [0.2, 0.25) is 0 Å². The molecule has 0 aliphatic rings. The van der Waals surface area contributed by atoms with Crippen LogP contribution in [0.4, 0.5) is 0 Å².